The predicted octanol–water partition coefficient (Wildman–Crippen LogP) is 2.17. The maximum absolute atomic E-state index is 12.8. The maximum atomic E-state index is 12.8. The summed E-state index contributed by atoms with van der Waals surface area (Å²) in [5, 5.41) is 3.12. The number of benzene rings is 1. The quantitative estimate of drug-likeness (QED) is 0.884. The first-order chi connectivity index (χ1) is 9.07. The highest BCUT2D eigenvalue weighted by Crippen LogP contribution is 2.41. The van der Waals surface area contributed by atoms with E-state index >= 15 is 0 Å². The summed E-state index contributed by atoms with van der Waals surface area (Å²) in [5.74, 6) is -0.0548. The summed E-state index contributed by atoms with van der Waals surface area (Å²) < 4.78 is 12.8. The lowest BCUT2D eigenvalue weighted by Gasteiger charge is -2.42. The molecule has 1 fully saturated rings. The van der Waals surface area contributed by atoms with Crippen LogP contribution in [0.15, 0.2) is 24.3 Å². The highest BCUT2D eigenvalue weighted by Gasteiger charge is 2.44. The Hall–Kier alpha value is -1.42. The van der Waals surface area contributed by atoms with Gasteiger partial charge in [0.1, 0.15) is 5.82 Å². The smallest absolute Gasteiger partial charge is 0.230 e. The molecule has 0 radical (unpaired) electrons. The number of hydrogen-bond acceptors (Lipinski definition) is 2. The monoisotopic (exact) mass is 264 g/mol. The topological polar surface area (TPSA) is 32.3 Å². The van der Waals surface area contributed by atoms with E-state index in [9.17, 15) is 9.18 Å². The van der Waals surface area contributed by atoms with Gasteiger partial charge in [0.2, 0.25) is 5.91 Å². The number of hydrogen-bond donors (Lipinski definition) is 1. The molecule has 2 rings (SSSR count). The molecule has 1 aromatic rings. The van der Waals surface area contributed by atoms with Crippen molar-refractivity contribution in [3.8, 4) is 0 Å². The molecule has 0 aromatic heterocycles. The minimum Gasteiger partial charge on any atom is -0.341 e. The van der Waals surface area contributed by atoms with Crippen LogP contribution in [-0.4, -0.2) is 31.4 Å². The molecule has 0 saturated heterocycles. The molecule has 0 aliphatic heterocycles. The van der Waals surface area contributed by atoms with Crippen LogP contribution in [0.4, 0.5) is 4.39 Å². The van der Waals surface area contributed by atoms with Crippen molar-refractivity contribution in [1.29, 1.82) is 0 Å². The number of amides is 1. The Morgan fingerprint density at radius 1 is 1.37 bits per heavy atom. The van der Waals surface area contributed by atoms with Gasteiger partial charge in [0.15, 0.2) is 0 Å². The minimum absolute atomic E-state index is 0.192. The molecule has 1 aliphatic rings. The highest BCUT2D eigenvalue weighted by atomic mass is 19.1. The zero-order valence-corrected chi connectivity index (χ0v) is 11.6. The van der Waals surface area contributed by atoms with Crippen molar-refractivity contribution in [1.82, 2.24) is 10.2 Å². The van der Waals surface area contributed by atoms with E-state index in [0.717, 1.165) is 31.4 Å². The van der Waals surface area contributed by atoms with Gasteiger partial charge in [-0.3, -0.25) is 4.79 Å². The van der Waals surface area contributed by atoms with Gasteiger partial charge in [-0.25, -0.2) is 4.39 Å². The first-order valence-corrected chi connectivity index (χ1v) is 6.72. The summed E-state index contributed by atoms with van der Waals surface area (Å²) >= 11 is 0. The van der Waals surface area contributed by atoms with Gasteiger partial charge in [0.25, 0.3) is 0 Å². The Kier molecular flexibility index (Phi) is 4.20. The van der Waals surface area contributed by atoms with Crippen LogP contribution >= 0.6 is 0 Å². The Morgan fingerprint density at radius 2 is 2.00 bits per heavy atom. The first-order valence-electron chi connectivity index (χ1n) is 6.72. The largest absolute Gasteiger partial charge is 0.341 e. The third-order valence-electron chi connectivity index (χ3n) is 3.96. The van der Waals surface area contributed by atoms with Crippen LogP contribution in [-0.2, 0) is 11.3 Å². The van der Waals surface area contributed by atoms with Crippen molar-refractivity contribution in [3.05, 3.63) is 35.6 Å². The number of halogens is 1. The molecule has 19 heavy (non-hydrogen) atoms. The van der Waals surface area contributed by atoms with Crippen molar-refractivity contribution in [3.63, 3.8) is 0 Å². The molecule has 0 atom stereocenters. The summed E-state index contributed by atoms with van der Waals surface area (Å²) in [6.45, 7) is 1.27. The van der Waals surface area contributed by atoms with Crippen molar-refractivity contribution in [2.75, 3.05) is 20.6 Å². The van der Waals surface area contributed by atoms with Crippen molar-refractivity contribution in [2.24, 2.45) is 5.41 Å². The Morgan fingerprint density at radius 3 is 2.47 bits per heavy atom. The molecule has 1 N–H and O–H groups in total. The van der Waals surface area contributed by atoms with E-state index in [1.165, 1.54) is 12.1 Å². The fraction of sp³-hybridized carbons (Fsp3) is 0.533. The van der Waals surface area contributed by atoms with Crippen LogP contribution in [0.3, 0.4) is 0 Å². The molecule has 1 amide bonds. The summed E-state index contributed by atoms with van der Waals surface area (Å²) in [5.41, 5.74) is 0.736. The highest BCUT2D eigenvalue weighted by molar-refractivity contribution is 5.83. The molecule has 0 spiro atoms. The Labute approximate surface area is 113 Å². The number of carbonyl (C=O) groups is 1. The van der Waals surface area contributed by atoms with E-state index in [0.29, 0.717) is 6.54 Å². The standard InChI is InChI=1S/C15H21FN2O/c1-17-11-15(8-3-9-15)14(19)18(2)10-12-4-6-13(16)7-5-12/h4-7,17H,3,8-11H2,1-2H3. The second kappa shape index (κ2) is 5.70. The molecule has 1 aromatic carbocycles. The second-order valence-electron chi connectivity index (χ2n) is 5.45. The van der Waals surface area contributed by atoms with E-state index in [1.807, 2.05) is 14.1 Å². The lowest BCUT2D eigenvalue weighted by atomic mass is 9.67. The first kappa shape index (κ1) is 14.0. The number of carbonyl (C=O) groups excluding carboxylic acids is 1. The van der Waals surface area contributed by atoms with E-state index in [-0.39, 0.29) is 17.1 Å². The zero-order chi connectivity index (χ0) is 13.9. The lowest BCUT2D eigenvalue weighted by Crippen LogP contribution is -2.51. The van der Waals surface area contributed by atoms with Crippen LogP contribution in [0, 0.1) is 11.2 Å². The molecule has 3 nitrogen and oxygen atoms in total. The van der Waals surface area contributed by atoms with E-state index in [4.69, 9.17) is 0 Å². The van der Waals surface area contributed by atoms with Gasteiger partial charge < -0.3 is 10.2 Å². The van der Waals surface area contributed by atoms with Gasteiger partial charge in [-0.05, 0) is 37.6 Å². The Balaban J connectivity index is 2.00. The summed E-state index contributed by atoms with van der Waals surface area (Å²) in [6.07, 6.45) is 3.04. The molecule has 4 heteroatoms. The van der Waals surface area contributed by atoms with Crippen molar-refractivity contribution < 1.29 is 9.18 Å². The predicted molar refractivity (Wildman–Crippen MR) is 73.1 cm³/mol. The van der Waals surface area contributed by atoms with Crippen LogP contribution in [0.5, 0.6) is 0 Å². The third kappa shape index (κ3) is 2.95. The van der Waals surface area contributed by atoms with Crippen LogP contribution in [0.1, 0.15) is 24.8 Å². The van der Waals surface area contributed by atoms with Gasteiger partial charge >= 0.3 is 0 Å². The molecular formula is C15H21FN2O. The third-order valence-corrected chi connectivity index (χ3v) is 3.96. The van der Waals surface area contributed by atoms with Crippen molar-refractivity contribution >= 4 is 5.91 Å². The van der Waals surface area contributed by atoms with E-state index in [2.05, 4.69) is 5.32 Å². The van der Waals surface area contributed by atoms with Crippen molar-refractivity contribution in [2.45, 2.75) is 25.8 Å². The fourth-order valence-corrected chi connectivity index (χ4v) is 2.75. The van der Waals surface area contributed by atoms with Gasteiger partial charge in [-0.1, -0.05) is 18.6 Å². The molecular weight excluding hydrogens is 243 g/mol. The van der Waals surface area contributed by atoms with Crippen LogP contribution in [0.25, 0.3) is 0 Å². The number of nitrogens with zero attached hydrogens (tertiary/aromatic N) is 1. The van der Waals surface area contributed by atoms with Crippen LogP contribution in [0.2, 0.25) is 0 Å². The second-order valence-corrected chi connectivity index (χ2v) is 5.45. The average molecular weight is 264 g/mol. The fourth-order valence-electron chi connectivity index (χ4n) is 2.75. The molecule has 0 bridgehead atoms. The van der Waals surface area contributed by atoms with Gasteiger partial charge in [-0.15, -0.1) is 0 Å². The van der Waals surface area contributed by atoms with Gasteiger partial charge in [0.05, 0.1) is 5.41 Å². The summed E-state index contributed by atoms with van der Waals surface area (Å²) in [6, 6.07) is 6.32. The molecule has 0 heterocycles. The van der Waals surface area contributed by atoms with E-state index < -0.39 is 0 Å². The van der Waals surface area contributed by atoms with Gasteiger partial charge in [-0.2, -0.15) is 0 Å². The van der Waals surface area contributed by atoms with Gasteiger partial charge in [0, 0.05) is 20.1 Å². The SMILES string of the molecule is CNCC1(C(=O)N(C)Cc2ccc(F)cc2)CCC1. The Bertz CT molecular complexity index is 440. The molecule has 104 valence electrons. The zero-order valence-electron chi connectivity index (χ0n) is 11.6. The maximum Gasteiger partial charge on any atom is 0.230 e. The van der Waals surface area contributed by atoms with Crippen LogP contribution < -0.4 is 5.32 Å². The normalized spacial score (nSPS) is 16.8. The van der Waals surface area contributed by atoms with E-state index in [1.54, 1.807) is 17.0 Å². The average Bonchev–Trinajstić information content (AvgIpc) is 2.35. The number of nitrogens with one attached hydrogen (secondary N) is 1. The molecule has 1 aliphatic carbocycles. The minimum atomic E-state index is -0.247. The summed E-state index contributed by atoms with van der Waals surface area (Å²) in [4.78, 5) is 14.3. The lowest BCUT2D eigenvalue weighted by molar-refractivity contribution is -0.146. The molecule has 0 unspecified atom stereocenters. The molecule has 1 saturated carbocycles. The number of rotatable bonds is 5. The summed E-state index contributed by atoms with van der Waals surface area (Å²) in [7, 11) is 3.70.